The summed E-state index contributed by atoms with van der Waals surface area (Å²) in [5.74, 6) is -2.25. The molecule has 0 aromatic heterocycles. The number of phenolic OH excluding ortho intramolecular Hbond substituents is 1. The van der Waals surface area contributed by atoms with Gasteiger partial charge in [0.1, 0.15) is 5.82 Å². The normalized spacial score (nSPS) is 13.0. The summed E-state index contributed by atoms with van der Waals surface area (Å²) in [5, 5.41) is 9.05. The number of hydrogen-bond donors (Lipinski definition) is 2. The second kappa shape index (κ2) is 3.06. The maximum atomic E-state index is 12.9. The van der Waals surface area contributed by atoms with Gasteiger partial charge in [-0.1, -0.05) is 0 Å². The Kier molecular flexibility index (Phi) is 2.28. The molecule has 1 aromatic rings. The molecule has 0 radical (unpaired) electrons. The lowest BCUT2D eigenvalue weighted by Crippen LogP contribution is -2.08. The minimum atomic E-state index is -0.858. The lowest BCUT2D eigenvalue weighted by molar-refractivity contribution is 0.412. The van der Waals surface area contributed by atoms with Crippen LogP contribution in [0.15, 0.2) is 12.1 Å². The maximum Gasteiger partial charge on any atom is 0.165 e. The van der Waals surface area contributed by atoms with Gasteiger partial charge < -0.3 is 10.8 Å². The molecular weight excluding hydrogens is 164 g/mol. The summed E-state index contributed by atoms with van der Waals surface area (Å²) in [7, 11) is 0. The number of halogens is 2. The zero-order valence-electron chi connectivity index (χ0n) is 6.51. The van der Waals surface area contributed by atoms with Crippen molar-refractivity contribution in [2.45, 2.75) is 13.0 Å². The lowest BCUT2D eigenvalue weighted by Gasteiger charge is -2.09. The number of phenols is 1. The summed E-state index contributed by atoms with van der Waals surface area (Å²) in [6, 6.07) is 1.07. The van der Waals surface area contributed by atoms with E-state index in [4.69, 9.17) is 10.8 Å². The van der Waals surface area contributed by atoms with Crippen molar-refractivity contribution in [1.82, 2.24) is 0 Å². The van der Waals surface area contributed by atoms with Crippen LogP contribution in [0.5, 0.6) is 5.75 Å². The molecule has 2 nitrogen and oxygen atoms in total. The minimum absolute atomic E-state index is 0.185. The molecular formula is C8H9F2NO. The molecule has 0 saturated carbocycles. The predicted molar refractivity (Wildman–Crippen MR) is 40.6 cm³/mol. The van der Waals surface area contributed by atoms with E-state index in [0.29, 0.717) is 0 Å². The topological polar surface area (TPSA) is 46.2 Å². The summed E-state index contributed by atoms with van der Waals surface area (Å²) in [6.07, 6.45) is 0. The van der Waals surface area contributed by atoms with Crippen LogP contribution in [0.1, 0.15) is 18.5 Å². The molecule has 0 aliphatic carbocycles. The van der Waals surface area contributed by atoms with Gasteiger partial charge in [-0.3, -0.25) is 0 Å². The van der Waals surface area contributed by atoms with Gasteiger partial charge in [0.25, 0.3) is 0 Å². The molecule has 1 aromatic carbocycles. The quantitative estimate of drug-likeness (QED) is 0.678. The highest BCUT2D eigenvalue weighted by Gasteiger charge is 2.15. The van der Waals surface area contributed by atoms with E-state index >= 15 is 0 Å². The van der Waals surface area contributed by atoms with E-state index in [0.717, 1.165) is 12.1 Å². The molecule has 1 rings (SSSR count). The summed E-state index contributed by atoms with van der Waals surface area (Å²) in [6.45, 7) is 1.47. The smallest absolute Gasteiger partial charge is 0.165 e. The first-order chi connectivity index (χ1) is 5.54. The van der Waals surface area contributed by atoms with Crippen molar-refractivity contribution in [3.63, 3.8) is 0 Å². The monoisotopic (exact) mass is 173 g/mol. The van der Waals surface area contributed by atoms with Crippen LogP contribution in [-0.4, -0.2) is 5.11 Å². The van der Waals surface area contributed by atoms with Gasteiger partial charge in [-0.05, 0) is 19.1 Å². The average Bonchev–Trinajstić information content (AvgIpc) is 1.97. The molecule has 0 fully saturated rings. The van der Waals surface area contributed by atoms with Crippen LogP contribution in [0.4, 0.5) is 8.78 Å². The fourth-order valence-corrected chi connectivity index (χ4v) is 0.990. The third-order valence-electron chi connectivity index (χ3n) is 1.57. The summed E-state index contributed by atoms with van der Waals surface area (Å²) >= 11 is 0. The molecule has 66 valence electrons. The van der Waals surface area contributed by atoms with Crippen molar-refractivity contribution in [2.24, 2.45) is 5.73 Å². The average molecular weight is 173 g/mol. The number of nitrogens with two attached hydrogens (primary N) is 1. The molecule has 0 unspecified atom stereocenters. The molecule has 0 bridgehead atoms. The van der Waals surface area contributed by atoms with Crippen LogP contribution in [0, 0.1) is 11.6 Å². The number of benzene rings is 1. The number of aromatic hydroxyl groups is 1. The first-order valence-corrected chi connectivity index (χ1v) is 3.46. The van der Waals surface area contributed by atoms with Crippen molar-refractivity contribution in [1.29, 1.82) is 0 Å². The minimum Gasteiger partial charge on any atom is -0.505 e. The maximum absolute atomic E-state index is 12.9. The Balaban J connectivity index is 3.33. The van der Waals surface area contributed by atoms with Gasteiger partial charge in [0.15, 0.2) is 11.6 Å². The Bertz CT molecular complexity index is 299. The van der Waals surface area contributed by atoms with Gasteiger partial charge in [-0.15, -0.1) is 0 Å². The zero-order valence-corrected chi connectivity index (χ0v) is 6.51. The van der Waals surface area contributed by atoms with E-state index in [2.05, 4.69) is 0 Å². The van der Waals surface area contributed by atoms with Crippen LogP contribution in [0.2, 0.25) is 0 Å². The molecule has 1 atom stereocenters. The molecule has 4 heteroatoms. The van der Waals surface area contributed by atoms with E-state index in [1.807, 2.05) is 0 Å². The summed E-state index contributed by atoms with van der Waals surface area (Å²) in [5.41, 5.74) is 5.13. The number of rotatable bonds is 1. The molecule has 0 amide bonds. The van der Waals surface area contributed by atoms with Gasteiger partial charge in [0.05, 0.1) is 0 Å². The third-order valence-corrected chi connectivity index (χ3v) is 1.57. The molecule has 3 N–H and O–H groups in total. The van der Waals surface area contributed by atoms with Crippen LogP contribution in [0.25, 0.3) is 0 Å². The Morgan fingerprint density at radius 1 is 1.33 bits per heavy atom. The van der Waals surface area contributed by atoms with E-state index in [-0.39, 0.29) is 5.56 Å². The Labute approximate surface area is 68.6 Å². The second-order valence-corrected chi connectivity index (χ2v) is 2.58. The molecule has 0 heterocycles. The van der Waals surface area contributed by atoms with E-state index in [1.165, 1.54) is 6.92 Å². The van der Waals surface area contributed by atoms with Crippen molar-refractivity contribution in [3.8, 4) is 5.75 Å². The number of hydrogen-bond acceptors (Lipinski definition) is 2. The Morgan fingerprint density at radius 2 is 1.83 bits per heavy atom. The fourth-order valence-electron chi connectivity index (χ4n) is 0.990. The van der Waals surface area contributed by atoms with Crippen LogP contribution < -0.4 is 5.73 Å². The van der Waals surface area contributed by atoms with E-state index < -0.39 is 23.4 Å². The molecule has 12 heavy (non-hydrogen) atoms. The highest BCUT2D eigenvalue weighted by atomic mass is 19.1. The first-order valence-electron chi connectivity index (χ1n) is 3.46. The zero-order chi connectivity index (χ0) is 9.30. The molecule has 0 saturated heterocycles. The van der Waals surface area contributed by atoms with Gasteiger partial charge in [-0.2, -0.15) is 0 Å². The van der Waals surface area contributed by atoms with Crippen LogP contribution in [-0.2, 0) is 0 Å². The fraction of sp³-hybridized carbons (Fsp3) is 0.250. The molecule has 0 aliphatic rings. The second-order valence-electron chi connectivity index (χ2n) is 2.58. The van der Waals surface area contributed by atoms with E-state index in [1.54, 1.807) is 0 Å². The standard InChI is InChI=1S/C8H9F2NO/c1-4(11)7-5(9)2-3-6(10)8(7)12/h2-4,12H,11H2,1H3/t4-/m0/s1. The van der Waals surface area contributed by atoms with Gasteiger partial charge in [-0.25, -0.2) is 8.78 Å². The highest BCUT2D eigenvalue weighted by Crippen LogP contribution is 2.27. The summed E-state index contributed by atoms with van der Waals surface area (Å²) in [4.78, 5) is 0. The lowest BCUT2D eigenvalue weighted by atomic mass is 10.1. The van der Waals surface area contributed by atoms with Gasteiger partial charge in [0, 0.05) is 11.6 Å². The summed E-state index contributed by atoms with van der Waals surface area (Å²) < 4.78 is 25.5. The Hall–Kier alpha value is -1.16. The van der Waals surface area contributed by atoms with E-state index in [9.17, 15) is 8.78 Å². The van der Waals surface area contributed by atoms with Crippen molar-refractivity contribution in [2.75, 3.05) is 0 Å². The van der Waals surface area contributed by atoms with Crippen molar-refractivity contribution >= 4 is 0 Å². The van der Waals surface area contributed by atoms with Gasteiger partial charge in [0.2, 0.25) is 0 Å². The third kappa shape index (κ3) is 1.38. The predicted octanol–water partition coefficient (Wildman–Crippen LogP) is 1.69. The Morgan fingerprint density at radius 3 is 2.25 bits per heavy atom. The molecule has 0 spiro atoms. The SMILES string of the molecule is C[C@H](N)c1c(F)ccc(F)c1O. The largest absolute Gasteiger partial charge is 0.505 e. The first kappa shape index (κ1) is 8.93. The van der Waals surface area contributed by atoms with Crippen molar-refractivity contribution < 1.29 is 13.9 Å². The highest BCUT2D eigenvalue weighted by molar-refractivity contribution is 5.36. The van der Waals surface area contributed by atoms with Crippen LogP contribution in [0.3, 0.4) is 0 Å². The molecule has 0 aliphatic heterocycles. The van der Waals surface area contributed by atoms with Crippen molar-refractivity contribution in [3.05, 3.63) is 29.3 Å². The van der Waals surface area contributed by atoms with Crippen LogP contribution >= 0.6 is 0 Å². The van der Waals surface area contributed by atoms with Gasteiger partial charge >= 0.3 is 0 Å².